The molecule has 1 aliphatic rings. The number of methoxy groups -OCH3 is 1. The van der Waals surface area contributed by atoms with Gasteiger partial charge in [0.15, 0.2) is 0 Å². The molecule has 1 aliphatic heterocycles. The van der Waals surface area contributed by atoms with Gasteiger partial charge in [-0.3, -0.25) is 4.79 Å². The van der Waals surface area contributed by atoms with Gasteiger partial charge in [-0.25, -0.2) is 0 Å². The first-order valence-electron chi connectivity index (χ1n) is 5.76. The molecule has 0 aliphatic carbocycles. The van der Waals surface area contributed by atoms with Crippen LogP contribution in [0.3, 0.4) is 0 Å². The molecule has 0 bridgehead atoms. The first-order valence-corrected chi connectivity index (χ1v) is 5.76. The van der Waals surface area contributed by atoms with E-state index in [1.165, 1.54) is 12.7 Å². The highest BCUT2D eigenvalue weighted by molar-refractivity contribution is 5.75. The van der Waals surface area contributed by atoms with Crippen LogP contribution in [0.4, 0.5) is 0 Å². The standard InChI is InChI=1S/C13H21NO2/c1-4-5-10(2)8-11-6-7-14-12(9-11)13(15)16-3/h4-5,11-12,14H,1,6-9H2,2-3H3/b10-5+. The van der Waals surface area contributed by atoms with Crippen molar-refractivity contribution < 1.29 is 9.53 Å². The molecule has 1 saturated heterocycles. The first-order chi connectivity index (χ1) is 7.67. The Bertz CT molecular complexity index is 284. The van der Waals surface area contributed by atoms with Crippen LogP contribution < -0.4 is 5.32 Å². The highest BCUT2D eigenvalue weighted by atomic mass is 16.5. The van der Waals surface area contributed by atoms with Crippen molar-refractivity contribution in [2.24, 2.45) is 5.92 Å². The van der Waals surface area contributed by atoms with Gasteiger partial charge in [0.1, 0.15) is 6.04 Å². The molecule has 0 aromatic carbocycles. The highest BCUT2D eigenvalue weighted by Crippen LogP contribution is 2.23. The number of ether oxygens (including phenoxy) is 1. The summed E-state index contributed by atoms with van der Waals surface area (Å²) in [4.78, 5) is 11.4. The highest BCUT2D eigenvalue weighted by Gasteiger charge is 2.27. The lowest BCUT2D eigenvalue weighted by Crippen LogP contribution is -2.44. The van der Waals surface area contributed by atoms with Crippen LogP contribution in [0.1, 0.15) is 26.2 Å². The van der Waals surface area contributed by atoms with Gasteiger partial charge in [-0.1, -0.05) is 24.3 Å². The summed E-state index contributed by atoms with van der Waals surface area (Å²) in [6.45, 7) is 6.69. The van der Waals surface area contributed by atoms with Crippen molar-refractivity contribution in [3.8, 4) is 0 Å². The van der Waals surface area contributed by atoms with Crippen molar-refractivity contribution in [2.45, 2.75) is 32.2 Å². The van der Waals surface area contributed by atoms with Crippen LogP contribution in [0.2, 0.25) is 0 Å². The third-order valence-electron chi connectivity index (χ3n) is 3.01. The average Bonchev–Trinajstić information content (AvgIpc) is 2.28. The number of piperidine rings is 1. The molecule has 0 aromatic heterocycles. The van der Waals surface area contributed by atoms with Crippen molar-refractivity contribution in [1.82, 2.24) is 5.32 Å². The molecule has 16 heavy (non-hydrogen) atoms. The van der Waals surface area contributed by atoms with Crippen molar-refractivity contribution in [3.63, 3.8) is 0 Å². The Labute approximate surface area is 97.6 Å². The lowest BCUT2D eigenvalue weighted by Gasteiger charge is -2.28. The SMILES string of the molecule is C=C/C=C(\C)CC1CCNC(C(=O)OC)C1. The van der Waals surface area contributed by atoms with Crippen molar-refractivity contribution in [1.29, 1.82) is 0 Å². The smallest absolute Gasteiger partial charge is 0.322 e. The quantitative estimate of drug-likeness (QED) is 0.585. The fraction of sp³-hybridized carbons (Fsp3) is 0.615. The lowest BCUT2D eigenvalue weighted by molar-refractivity contribution is -0.144. The molecule has 3 heteroatoms. The van der Waals surface area contributed by atoms with Gasteiger partial charge < -0.3 is 10.1 Å². The molecule has 0 radical (unpaired) electrons. The monoisotopic (exact) mass is 223 g/mol. The van der Waals surface area contributed by atoms with Gasteiger partial charge in [0, 0.05) is 0 Å². The van der Waals surface area contributed by atoms with Crippen LogP contribution in [-0.4, -0.2) is 25.7 Å². The van der Waals surface area contributed by atoms with E-state index in [-0.39, 0.29) is 12.0 Å². The summed E-state index contributed by atoms with van der Waals surface area (Å²) in [6.07, 6.45) is 6.88. The molecule has 2 unspecified atom stereocenters. The number of hydrogen-bond acceptors (Lipinski definition) is 3. The minimum absolute atomic E-state index is 0.125. The van der Waals surface area contributed by atoms with Crippen LogP contribution in [0.25, 0.3) is 0 Å². The fourth-order valence-electron chi connectivity index (χ4n) is 2.23. The van der Waals surface area contributed by atoms with Crippen LogP contribution in [-0.2, 0) is 9.53 Å². The lowest BCUT2D eigenvalue weighted by atomic mass is 9.87. The Kier molecular flexibility index (Phi) is 5.26. The molecule has 3 nitrogen and oxygen atoms in total. The predicted molar refractivity (Wildman–Crippen MR) is 65.1 cm³/mol. The summed E-state index contributed by atoms with van der Waals surface area (Å²) in [6, 6.07) is -0.125. The van der Waals surface area contributed by atoms with E-state index in [0.717, 1.165) is 25.8 Å². The first kappa shape index (κ1) is 13.0. The Balaban J connectivity index is 2.47. The van der Waals surface area contributed by atoms with E-state index in [0.29, 0.717) is 5.92 Å². The number of esters is 1. The predicted octanol–water partition coefficient (Wildman–Crippen LogP) is 2.05. The Morgan fingerprint density at radius 2 is 2.38 bits per heavy atom. The Morgan fingerprint density at radius 1 is 1.62 bits per heavy atom. The zero-order valence-electron chi connectivity index (χ0n) is 10.2. The summed E-state index contributed by atoms with van der Waals surface area (Å²) in [5.74, 6) is 0.427. The molecule has 1 rings (SSSR count). The zero-order chi connectivity index (χ0) is 12.0. The molecular weight excluding hydrogens is 202 g/mol. The maximum absolute atomic E-state index is 11.4. The van der Waals surface area contributed by atoms with Gasteiger partial charge >= 0.3 is 5.97 Å². The number of carbonyl (C=O) groups is 1. The van der Waals surface area contributed by atoms with Crippen molar-refractivity contribution in [2.75, 3.05) is 13.7 Å². The maximum Gasteiger partial charge on any atom is 0.322 e. The molecule has 90 valence electrons. The molecule has 1 N–H and O–H groups in total. The number of allylic oxidation sites excluding steroid dienone is 3. The van der Waals surface area contributed by atoms with Gasteiger partial charge in [0.25, 0.3) is 0 Å². The van der Waals surface area contributed by atoms with E-state index in [1.807, 2.05) is 12.2 Å². The second kappa shape index (κ2) is 6.48. The second-order valence-electron chi connectivity index (χ2n) is 4.37. The van der Waals surface area contributed by atoms with Gasteiger partial charge in [0.05, 0.1) is 7.11 Å². The van der Waals surface area contributed by atoms with Crippen molar-refractivity contribution in [3.05, 3.63) is 24.3 Å². The summed E-state index contributed by atoms with van der Waals surface area (Å²) in [7, 11) is 1.44. The molecule has 0 amide bonds. The third kappa shape index (κ3) is 3.81. The third-order valence-corrected chi connectivity index (χ3v) is 3.01. The van der Waals surface area contributed by atoms with Crippen LogP contribution in [0.15, 0.2) is 24.3 Å². The van der Waals surface area contributed by atoms with E-state index in [4.69, 9.17) is 4.74 Å². The van der Waals surface area contributed by atoms with Gasteiger partial charge in [-0.05, 0) is 38.6 Å². The number of nitrogens with one attached hydrogen (secondary N) is 1. The summed E-state index contributed by atoms with van der Waals surface area (Å²) in [5.41, 5.74) is 1.32. The summed E-state index contributed by atoms with van der Waals surface area (Å²) < 4.78 is 4.76. The number of rotatable bonds is 4. The van der Waals surface area contributed by atoms with E-state index in [9.17, 15) is 4.79 Å². The van der Waals surface area contributed by atoms with E-state index in [2.05, 4.69) is 18.8 Å². The zero-order valence-corrected chi connectivity index (χ0v) is 10.2. The van der Waals surface area contributed by atoms with E-state index in [1.54, 1.807) is 0 Å². The molecule has 1 fully saturated rings. The van der Waals surface area contributed by atoms with E-state index < -0.39 is 0 Å². The Morgan fingerprint density at radius 3 is 3.00 bits per heavy atom. The second-order valence-corrected chi connectivity index (χ2v) is 4.37. The van der Waals surface area contributed by atoms with Crippen LogP contribution >= 0.6 is 0 Å². The van der Waals surface area contributed by atoms with E-state index >= 15 is 0 Å². The molecule has 0 aromatic rings. The maximum atomic E-state index is 11.4. The van der Waals surface area contributed by atoms with Crippen molar-refractivity contribution >= 4 is 5.97 Å². The Hall–Kier alpha value is -1.09. The minimum Gasteiger partial charge on any atom is -0.468 e. The molecular formula is C13H21NO2. The fourth-order valence-corrected chi connectivity index (χ4v) is 2.23. The molecule has 0 saturated carbocycles. The average molecular weight is 223 g/mol. The van der Waals surface area contributed by atoms with Gasteiger partial charge in [-0.2, -0.15) is 0 Å². The largest absolute Gasteiger partial charge is 0.468 e. The molecule has 0 spiro atoms. The number of carbonyl (C=O) groups excluding carboxylic acids is 1. The number of hydrogen-bond donors (Lipinski definition) is 1. The van der Waals surface area contributed by atoms with Crippen LogP contribution in [0.5, 0.6) is 0 Å². The normalized spacial score (nSPS) is 26.2. The molecule has 2 atom stereocenters. The molecule has 1 heterocycles. The summed E-state index contributed by atoms with van der Waals surface area (Å²) in [5, 5.41) is 3.19. The van der Waals surface area contributed by atoms with Gasteiger partial charge in [-0.15, -0.1) is 0 Å². The topological polar surface area (TPSA) is 38.3 Å². The van der Waals surface area contributed by atoms with Crippen LogP contribution in [0, 0.1) is 5.92 Å². The summed E-state index contributed by atoms with van der Waals surface area (Å²) >= 11 is 0. The minimum atomic E-state index is -0.143. The van der Waals surface area contributed by atoms with Gasteiger partial charge in [0.2, 0.25) is 0 Å².